The Balaban J connectivity index is 1.86. The summed E-state index contributed by atoms with van der Waals surface area (Å²) in [6, 6.07) is 2.83. The number of imidazole rings is 1. The summed E-state index contributed by atoms with van der Waals surface area (Å²) in [5.74, 6) is 0.946. The van der Waals surface area contributed by atoms with E-state index >= 15 is 0 Å². The van der Waals surface area contributed by atoms with Crippen LogP contribution in [0.5, 0.6) is 0 Å². The SMILES string of the molecule is CCN(CCn1c(C(C)Cl)nc2cnccc21)C1CC1. The van der Waals surface area contributed by atoms with Crippen molar-refractivity contribution in [1.29, 1.82) is 0 Å². The van der Waals surface area contributed by atoms with Crippen molar-refractivity contribution in [3.8, 4) is 0 Å². The quantitative estimate of drug-likeness (QED) is 0.767. The molecule has 0 spiro atoms. The summed E-state index contributed by atoms with van der Waals surface area (Å²) >= 11 is 6.29. The van der Waals surface area contributed by atoms with Gasteiger partial charge in [-0.3, -0.25) is 9.88 Å². The van der Waals surface area contributed by atoms with Gasteiger partial charge in [-0.05, 0) is 32.4 Å². The van der Waals surface area contributed by atoms with E-state index < -0.39 is 0 Å². The van der Waals surface area contributed by atoms with Gasteiger partial charge in [0.25, 0.3) is 0 Å². The van der Waals surface area contributed by atoms with Crippen LogP contribution in [0, 0.1) is 0 Å². The molecule has 0 saturated heterocycles. The van der Waals surface area contributed by atoms with Crippen molar-refractivity contribution in [3.63, 3.8) is 0 Å². The Bertz CT molecular complexity index is 589. The van der Waals surface area contributed by atoms with Crippen LogP contribution >= 0.6 is 11.6 Å². The second-order valence-electron chi connectivity index (χ2n) is 5.46. The van der Waals surface area contributed by atoms with Crippen molar-refractivity contribution in [2.45, 2.75) is 44.7 Å². The average molecular weight is 293 g/mol. The minimum Gasteiger partial charge on any atom is -0.325 e. The monoisotopic (exact) mass is 292 g/mol. The van der Waals surface area contributed by atoms with Gasteiger partial charge in [0.1, 0.15) is 11.3 Å². The molecule has 1 aliphatic carbocycles. The standard InChI is InChI=1S/C15H21ClN4/c1-3-19(12-4-5-12)8-9-20-14-6-7-17-10-13(14)18-15(20)11(2)16/h6-7,10-12H,3-5,8-9H2,1-2H3. The summed E-state index contributed by atoms with van der Waals surface area (Å²) in [6.07, 6.45) is 6.33. The Hall–Kier alpha value is -1.13. The highest BCUT2D eigenvalue weighted by Gasteiger charge is 2.27. The molecule has 0 aromatic carbocycles. The van der Waals surface area contributed by atoms with Crippen molar-refractivity contribution in [2.75, 3.05) is 13.1 Å². The summed E-state index contributed by atoms with van der Waals surface area (Å²) in [6.45, 7) is 7.33. The van der Waals surface area contributed by atoms with Crippen molar-refractivity contribution in [2.24, 2.45) is 0 Å². The fourth-order valence-corrected chi connectivity index (χ4v) is 2.97. The lowest BCUT2D eigenvalue weighted by molar-refractivity contribution is 0.266. The highest BCUT2D eigenvalue weighted by molar-refractivity contribution is 6.20. The zero-order chi connectivity index (χ0) is 14.1. The molecule has 108 valence electrons. The minimum absolute atomic E-state index is 0.0848. The molecule has 3 rings (SSSR count). The highest BCUT2D eigenvalue weighted by Crippen LogP contribution is 2.27. The van der Waals surface area contributed by atoms with Crippen molar-refractivity contribution < 1.29 is 0 Å². The van der Waals surface area contributed by atoms with Crippen LogP contribution in [0.1, 0.15) is 37.9 Å². The lowest BCUT2D eigenvalue weighted by atomic mass is 10.3. The fourth-order valence-electron chi connectivity index (χ4n) is 2.81. The predicted molar refractivity (Wildman–Crippen MR) is 82.1 cm³/mol. The topological polar surface area (TPSA) is 34.0 Å². The summed E-state index contributed by atoms with van der Waals surface area (Å²) in [5, 5.41) is -0.0848. The van der Waals surface area contributed by atoms with E-state index in [0.29, 0.717) is 0 Å². The van der Waals surface area contributed by atoms with E-state index in [-0.39, 0.29) is 5.38 Å². The van der Waals surface area contributed by atoms with Gasteiger partial charge in [-0.1, -0.05) is 6.92 Å². The Morgan fingerprint density at radius 1 is 1.50 bits per heavy atom. The van der Waals surface area contributed by atoms with E-state index in [1.807, 2.05) is 25.4 Å². The maximum absolute atomic E-state index is 6.29. The molecule has 2 heterocycles. The molecule has 1 atom stereocenters. The fraction of sp³-hybridized carbons (Fsp3) is 0.600. The smallest absolute Gasteiger partial charge is 0.127 e. The second-order valence-corrected chi connectivity index (χ2v) is 6.12. The van der Waals surface area contributed by atoms with Gasteiger partial charge in [-0.25, -0.2) is 4.98 Å². The third-order valence-corrected chi connectivity index (χ3v) is 4.21. The van der Waals surface area contributed by atoms with Crippen LogP contribution in [0.15, 0.2) is 18.5 Å². The van der Waals surface area contributed by atoms with E-state index in [1.54, 1.807) is 0 Å². The van der Waals surface area contributed by atoms with Gasteiger partial charge in [0, 0.05) is 25.3 Å². The molecule has 2 aromatic heterocycles. The number of alkyl halides is 1. The molecule has 0 bridgehead atoms. The van der Waals surface area contributed by atoms with E-state index in [0.717, 1.165) is 42.5 Å². The Morgan fingerprint density at radius 3 is 2.95 bits per heavy atom. The Kier molecular flexibility index (Phi) is 3.94. The first-order chi connectivity index (χ1) is 9.70. The Morgan fingerprint density at radius 2 is 2.30 bits per heavy atom. The summed E-state index contributed by atoms with van der Waals surface area (Å²) < 4.78 is 2.25. The summed E-state index contributed by atoms with van der Waals surface area (Å²) in [7, 11) is 0. The number of hydrogen-bond donors (Lipinski definition) is 0. The third kappa shape index (κ3) is 2.67. The number of halogens is 1. The van der Waals surface area contributed by atoms with E-state index in [1.165, 1.54) is 12.8 Å². The van der Waals surface area contributed by atoms with Gasteiger partial charge >= 0.3 is 0 Å². The molecule has 5 heteroatoms. The number of fused-ring (bicyclic) bond motifs is 1. The maximum Gasteiger partial charge on any atom is 0.127 e. The molecule has 1 fully saturated rings. The van der Waals surface area contributed by atoms with Gasteiger partial charge < -0.3 is 4.57 Å². The van der Waals surface area contributed by atoms with Crippen LogP contribution in [0.25, 0.3) is 11.0 Å². The molecule has 1 saturated carbocycles. The largest absolute Gasteiger partial charge is 0.325 e. The number of likely N-dealkylation sites (N-methyl/N-ethyl adjacent to an activating group) is 1. The molecule has 1 aliphatic rings. The molecular weight excluding hydrogens is 272 g/mol. The lowest BCUT2D eigenvalue weighted by Crippen LogP contribution is -2.29. The van der Waals surface area contributed by atoms with E-state index in [9.17, 15) is 0 Å². The van der Waals surface area contributed by atoms with Gasteiger partial charge in [-0.15, -0.1) is 11.6 Å². The van der Waals surface area contributed by atoms with Crippen LogP contribution in [0.2, 0.25) is 0 Å². The maximum atomic E-state index is 6.29. The Labute approximate surface area is 124 Å². The predicted octanol–water partition coefficient (Wildman–Crippen LogP) is 3.22. The molecule has 0 aliphatic heterocycles. The van der Waals surface area contributed by atoms with Crippen molar-refractivity contribution in [3.05, 3.63) is 24.3 Å². The van der Waals surface area contributed by atoms with E-state index in [4.69, 9.17) is 11.6 Å². The molecule has 2 aromatic rings. The second kappa shape index (κ2) is 5.70. The molecule has 0 N–H and O–H groups in total. The lowest BCUT2D eigenvalue weighted by Gasteiger charge is -2.21. The van der Waals surface area contributed by atoms with Crippen LogP contribution in [0.3, 0.4) is 0 Å². The van der Waals surface area contributed by atoms with Gasteiger partial charge in [0.05, 0.1) is 17.1 Å². The average Bonchev–Trinajstić information content (AvgIpc) is 3.21. The number of aromatic nitrogens is 3. The molecular formula is C15H21ClN4. The summed E-state index contributed by atoms with van der Waals surface area (Å²) in [5.41, 5.74) is 2.07. The molecule has 0 radical (unpaired) electrons. The molecule has 4 nitrogen and oxygen atoms in total. The normalized spacial score (nSPS) is 17.0. The molecule has 20 heavy (non-hydrogen) atoms. The van der Waals surface area contributed by atoms with Crippen molar-refractivity contribution in [1.82, 2.24) is 19.4 Å². The highest BCUT2D eigenvalue weighted by atomic mass is 35.5. The van der Waals surface area contributed by atoms with Gasteiger partial charge in [0.15, 0.2) is 0 Å². The van der Waals surface area contributed by atoms with Crippen molar-refractivity contribution >= 4 is 22.6 Å². The van der Waals surface area contributed by atoms with E-state index in [2.05, 4.69) is 26.4 Å². The molecule has 0 amide bonds. The van der Waals surface area contributed by atoms with Gasteiger partial charge in [-0.2, -0.15) is 0 Å². The number of rotatable bonds is 6. The number of pyridine rings is 1. The first-order valence-electron chi connectivity index (χ1n) is 7.39. The zero-order valence-corrected chi connectivity index (χ0v) is 12.8. The zero-order valence-electron chi connectivity index (χ0n) is 12.1. The summed E-state index contributed by atoms with van der Waals surface area (Å²) in [4.78, 5) is 11.3. The van der Waals surface area contributed by atoms with Crippen LogP contribution in [-0.2, 0) is 6.54 Å². The first-order valence-corrected chi connectivity index (χ1v) is 7.82. The molecule has 1 unspecified atom stereocenters. The van der Waals surface area contributed by atoms with Crippen LogP contribution < -0.4 is 0 Å². The van der Waals surface area contributed by atoms with Crippen LogP contribution in [-0.4, -0.2) is 38.6 Å². The first kappa shape index (κ1) is 13.8. The van der Waals surface area contributed by atoms with Crippen LogP contribution in [0.4, 0.5) is 0 Å². The third-order valence-electron chi connectivity index (χ3n) is 4.02. The number of nitrogens with zero attached hydrogens (tertiary/aromatic N) is 4. The van der Waals surface area contributed by atoms with Gasteiger partial charge in [0.2, 0.25) is 0 Å². The number of hydrogen-bond acceptors (Lipinski definition) is 3. The minimum atomic E-state index is -0.0848.